The van der Waals surface area contributed by atoms with Gasteiger partial charge in [0, 0.05) is 42.5 Å². The van der Waals surface area contributed by atoms with E-state index in [1.165, 1.54) is 0 Å². The third-order valence-corrected chi connectivity index (χ3v) is 5.14. The van der Waals surface area contributed by atoms with Crippen molar-refractivity contribution in [2.24, 2.45) is 0 Å². The van der Waals surface area contributed by atoms with Gasteiger partial charge in [-0.2, -0.15) is 5.10 Å². The molecule has 1 amide bonds. The molecule has 26 heavy (non-hydrogen) atoms. The van der Waals surface area contributed by atoms with Gasteiger partial charge in [0.25, 0.3) is 5.91 Å². The average Bonchev–Trinajstić information content (AvgIpc) is 3.14. The van der Waals surface area contributed by atoms with Crippen LogP contribution in [0.1, 0.15) is 47.6 Å². The lowest BCUT2D eigenvalue weighted by molar-refractivity contribution is 0.0903. The summed E-state index contributed by atoms with van der Waals surface area (Å²) < 4.78 is 5.39. The molecule has 8 nitrogen and oxygen atoms in total. The summed E-state index contributed by atoms with van der Waals surface area (Å²) in [6, 6.07) is 4.07. The number of hydrogen-bond donors (Lipinski definition) is 2. The second-order valence-corrected chi connectivity index (χ2v) is 6.87. The predicted octanol–water partition coefficient (Wildman–Crippen LogP) is 1.27. The van der Waals surface area contributed by atoms with E-state index in [2.05, 4.69) is 36.4 Å². The van der Waals surface area contributed by atoms with Crippen LogP contribution in [-0.4, -0.2) is 58.4 Å². The summed E-state index contributed by atoms with van der Waals surface area (Å²) in [5.74, 6) is 1.23. The molecular weight excluding hydrogens is 332 g/mol. The molecule has 138 valence electrons. The number of nitrogens with zero attached hydrogens (tertiary/aromatic N) is 4. The number of amides is 1. The molecule has 2 aliphatic rings. The SMILES string of the molecule is CCc1cc(C(=O)NC2CC(c3cc(N4CCOCC4)ncn3)C2)n[nH]1. The first-order chi connectivity index (χ1) is 12.7. The van der Waals surface area contributed by atoms with E-state index < -0.39 is 0 Å². The predicted molar refractivity (Wildman–Crippen MR) is 96.3 cm³/mol. The minimum absolute atomic E-state index is 0.110. The van der Waals surface area contributed by atoms with Gasteiger partial charge in [-0.25, -0.2) is 9.97 Å². The molecule has 0 radical (unpaired) electrons. The maximum atomic E-state index is 12.2. The molecule has 2 aromatic rings. The molecule has 1 aliphatic carbocycles. The summed E-state index contributed by atoms with van der Waals surface area (Å²) in [5, 5.41) is 10.00. The number of morpholine rings is 1. The van der Waals surface area contributed by atoms with Gasteiger partial charge in [-0.05, 0) is 25.3 Å². The molecule has 0 unspecified atom stereocenters. The van der Waals surface area contributed by atoms with Crippen LogP contribution in [0.15, 0.2) is 18.5 Å². The van der Waals surface area contributed by atoms with E-state index in [0.717, 1.165) is 62.8 Å². The van der Waals surface area contributed by atoms with E-state index >= 15 is 0 Å². The number of ether oxygens (including phenoxy) is 1. The van der Waals surface area contributed by atoms with Crippen molar-refractivity contribution >= 4 is 11.7 Å². The fraction of sp³-hybridized carbons (Fsp3) is 0.556. The van der Waals surface area contributed by atoms with Gasteiger partial charge >= 0.3 is 0 Å². The molecule has 2 fully saturated rings. The van der Waals surface area contributed by atoms with E-state index in [4.69, 9.17) is 4.74 Å². The summed E-state index contributed by atoms with van der Waals surface area (Å²) in [7, 11) is 0. The van der Waals surface area contributed by atoms with Crippen molar-refractivity contribution in [1.82, 2.24) is 25.5 Å². The third-order valence-electron chi connectivity index (χ3n) is 5.14. The normalized spacial score (nSPS) is 22.7. The second-order valence-electron chi connectivity index (χ2n) is 6.87. The monoisotopic (exact) mass is 356 g/mol. The molecule has 1 saturated heterocycles. The van der Waals surface area contributed by atoms with Gasteiger partial charge in [0.15, 0.2) is 0 Å². The fourth-order valence-corrected chi connectivity index (χ4v) is 3.45. The van der Waals surface area contributed by atoms with Gasteiger partial charge in [0.2, 0.25) is 0 Å². The Hall–Kier alpha value is -2.48. The summed E-state index contributed by atoms with van der Waals surface area (Å²) >= 11 is 0. The van der Waals surface area contributed by atoms with Crippen molar-refractivity contribution < 1.29 is 9.53 Å². The Kier molecular flexibility index (Phi) is 4.83. The van der Waals surface area contributed by atoms with Crippen LogP contribution in [-0.2, 0) is 11.2 Å². The topological polar surface area (TPSA) is 96.0 Å². The van der Waals surface area contributed by atoms with E-state index in [0.29, 0.717) is 11.6 Å². The first-order valence-corrected chi connectivity index (χ1v) is 9.22. The molecule has 3 heterocycles. The van der Waals surface area contributed by atoms with Crippen LogP contribution < -0.4 is 10.2 Å². The molecule has 1 aliphatic heterocycles. The Balaban J connectivity index is 1.32. The van der Waals surface area contributed by atoms with Crippen LogP contribution >= 0.6 is 0 Å². The Morgan fingerprint density at radius 1 is 1.31 bits per heavy atom. The smallest absolute Gasteiger partial charge is 0.271 e. The number of aryl methyl sites for hydroxylation is 1. The number of aromatic nitrogens is 4. The first kappa shape index (κ1) is 17.0. The zero-order chi connectivity index (χ0) is 17.9. The highest BCUT2D eigenvalue weighted by Gasteiger charge is 2.33. The molecule has 0 atom stereocenters. The summed E-state index contributed by atoms with van der Waals surface area (Å²) in [6.45, 7) is 5.23. The number of H-pyrrole nitrogens is 1. The number of carbonyl (C=O) groups is 1. The van der Waals surface area contributed by atoms with Crippen molar-refractivity contribution in [2.45, 2.75) is 38.1 Å². The van der Waals surface area contributed by atoms with Gasteiger partial charge in [-0.15, -0.1) is 0 Å². The highest BCUT2D eigenvalue weighted by Crippen LogP contribution is 2.36. The summed E-state index contributed by atoms with van der Waals surface area (Å²) in [4.78, 5) is 23.3. The molecule has 0 aromatic carbocycles. The van der Waals surface area contributed by atoms with Crippen LogP contribution in [0.3, 0.4) is 0 Å². The largest absolute Gasteiger partial charge is 0.378 e. The van der Waals surface area contributed by atoms with Crippen LogP contribution in [0.4, 0.5) is 5.82 Å². The second kappa shape index (κ2) is 7.41. The Morgan fingerprint density at radius 3 is 2.85 bits per heavy atom. The van der Waals surface area contributed by atoms with Gasteiger partial charge < -0.3 is 15.0 Å². The minimum Gasteiger partial charge on any atom is -0.378 e. The maximum Gasteiger partial charge on any atom is 0.271 e. The van der Waals surface area contributed by atoms with Crippen molar-refractivity contribution in [3.8, 4) is 0 Å². The lowest BCUT2D eigenvalue weighted by Gasteiger charge is -2.35. The Bertz CT molecular complexity index is 765. The van der Waals surface area contributed by atoms with Crippen LogP contribution in [0.5, 0.6) is 0 Å². The number of carbonyl (C=O) groups excluding carboxylic acids is 1. The highest BCUT2D eigenvalue weighted by atomic mass is 16.5. The zero-order valence-corrected chi connectivity index (χ0v) is 14.9. The maximum absolute atomic E-state index is 12.2. The van der Waals surface area contributed by atoms with Crippen molar-refractivity contribution in [3.63, 3.8) is 0 Å². The summed E-state index contributed by atoms with van der Waals surface area (Å²) in [5.41, 5.74) is 2.49. The minimum atomic E-state index is -0.110. The van der Waals surface area contributed by atoms with E-state index in [1.54, 1.807) is 6.33 Å². The van der Waals surface area contributed by atoms with E-state index in [1.807, 2.05) is 13.0 Å². The molecule has 2 aromatic heterocycles. The Labute approximate surface area is 152 Å². The van der Waals surface area contributed by atoms with Crippen LogP contribution in [0.2, 0.25) is 0 Å². The molecule has 8 heteroatoms. The summed E-state index contributed by atoms with van der Waals surface area (Å²) in [6.07, 6.45) is 4.28. The number of hydrogen-bond acceptors (Lipinski definition) is 6. The standard InChI is InChI=1S/C18H24N6O2/c1-2-13-9-16(23-22-13)18(25)21-14-7-12(8-14)15-10-17(20-11-19-15)24-3-5-26-6-4-24/h9-12,14H,2-8H2,1H3,(H,21,25)(H,22,23). The van der Waals surface area contributed by atoms with Gasteiger partial charge in [-0.3, -0.25) is 9.89 Å². The number of aromatic amines is 1. The van der Waals surface area contributed by atoms with Gasteiger partial charge in [-0.1, -0.05) is 6.92 Å². The van der Waals surface area contributed by atoms with Crippen molar-refractivity contribution in [1.29, 1.82) is 0 Å². The Morgan fingerprint density at radius 2 is 2.12 bits per heavy atom. The average molecular weight is 356 g/mol. The van der Waals surface area contributed by atoms with Crippen LogP contribution in [0.25, 0.3) is 0 Å². The molecule has 2 N–H and O–H groups in total. The first-order valence-electron chi connectivity index (χ1n) is 9.22. The lowest BCUT2D eigenvalue weighted by atomic mass is 9.78. The molecule has 4 rings (SSSR count). The van der Waals surface area contributed by atoms with Gasteiger partial charge in [0.1, 0.15) is 17.8 Å². The third kappa shape index (κ3) is 3.55. The molecule has 0 spiro atoms. The number of nitrogens with one attached hydrogen (secondary N) is 2. The number of rotatable bonds is 5. The molecule has 0 bridgehead atoms. The fourth-order valence-electron chi connectivity index (χ4n) is 3.45. The lowest BCUT2D eigenvalue weighted by Crippen LogP contribution is -2.43. The van der Waals surface area contributed by atoms with Crippen molar-refractivity contribution in [2.75, 3.05) is 31.2 Å². The number of anilines is 1. The highest BCUT2D eigenvalue weighted by molar-refractivity contribution is 5.92. The quantitative estimate of drug-likeness (QED) is 0.838. The zero-order valence-electron chi connectivity index (χ0n) is 14.9. The van der Waals surface area contributed by atoms with Crippen LogP contribution in [0, 0.1) is 0 Å². The molecule has 1 saturated carbocycles. The van der Waals surface area contributed by atoms with E-state index in [-0.39, 0.29) is 11.9 Å². The van der Waals surface area contributed by atoms with E-state index in [9.17, 15) is 4.79 Å². The van der Waals surface area contributed by atoms with Crippen molar-refractivity contribution in [3.05, 3.63) is 35.5 Å². The van der Waals surface area contributed by atoms with Gasteiger partial charge in [0.05, 0.1) is 13.2 Å². The molecular formula is C18H24N6O2.